The topological polar surface area (TPSA) is 29.1 Å². The highest BCUT2D eigenvalue weighted by Crippen LogP contribution is 2.15. The van der Waals surface area contributed by atoms with Crippen molar-refractivity contribution in [2.24, 2.45) is 5.92 Å². The Bertz CT molecular complexity index is 383. The third-order valence-corrected chi connectivity index (χ3v) is 2.52. The summed E-state index contributed by atoms with van der Waals surface area (Å²) in [5.74, 6) is -0.263. The van der Waals surface area contributed by atoms with Crippen LogP contribution in [0.2, 0.25) is 0 Å². The minimum atomic E-state index is -0.312. The van der Waals surface area contributed by atoms with E-state index in [0.717, 1.165) is 6.42 Å². The van der Waals surface area contributed by atoms with Gasteiger partial charge in [0.15, 0.2) is 5.78 Å². The molecule has 2 rings (SSSR count). The van der Waals surface area contributed by atoms with E-state index in [-0.39, 0.29) is 17.5 Å². The van der Waals surface area contributed by atoms with Crippen LogP contribution >= 0.6 is 0 Å². The maximum Gasteiger partial charge on any atom is 0.168 e. The lowest BCUT2D eigenvalue weighted by Gasteiger charge is -2.17. The van der Waals surface area contributed by atoms with Crippen LogP contribution in [0.1, 0.15) is 16.8 Å². The van der Waals surface area contributed by atoms with E-state index in [1.54, 1.807) is 0 Å². The van der Waals surface area contributed by atoms with E-state index < -0.39 is 0 Å². The van der Waals surface area contributed by atoms with E-state index >= 15 is 0 Å². The van der Waals surface area contributed by atoms with E-state index in [9.17, 15) is 9.18 Å². The second-order valence-electron chi connectivity index (χ2n) is 3.61. The molecule has 0 amide bonds. The molecular formula is C12H12FNO. The normalized spacial score (nSPS) is 19.7. The minimum Gasteiger partial charge on any atom is -0.390 e. The summed E-state index contributed by atoms with van der Waals surface area (Å²) in [6.45, 7) is 0.659. The first-order valence-electron chi connectivity index (χ1n) is 4.95. The van der Waals surface area contributed by atoms with Crippen molar-refractivity contribution in [3.8, 4) is 0 Å². The lowest BCUT2D eigenvalue weighted by molar-refractivity contribution is 0.0919. The summed E-state index contributed by atoms with van der Waals surface area (Å²) in [7, 11) is 0. The quantitative estimate of drug-likeness (QED) is 0.749. The Labute approximate surface area is 87.8 Å². The van der Waals surface area contributed by atoms with Crippen LogP contribution in [0, 0.1) is 11.7 Å². The fraction of sp³-hybridized carbons (Fsp3) is 0.250. The number of nitrogens with one attached hydrogen (secondary N) is 1. The molecule has 0 spiro atoms. The van der Waals surface area contributed by atoms with Gasteiger partial charge in [0, 0.05) is 18.0 Å². The Morgan fingerprint density at radius 2 is 2.07 bits per heavy atom. The molecule has 1 heterocycles. The largest absolute Gasteiger partial charge is 0.390 e. The number of hydrogen-bond acceptors (Lipinski definition) is 2. The van der Waals surface area contributed by atoms with Crippen LogP contribution < -0.4 is 5.32 Å². The molecule has 0 radical (unpaired) electrons. The lowest BCUT2D eigenvalue weighted by atomic mass is 9.93. The Morgan fingerprint density at radius 1 is 1.33 bits per heavy atom. The van der Waals surface area contributed by atoms with Gasteiger partial charge in [0.25, 0.3) is 0 Å². The summed E-state index contributed by atoms with van der Waals surface area (Å²) in [5.41, 5.74) is 0.582. The molecule has 0 aliphatic carbocycles. The van der Waals surface area contributed by atoms with Gasteiger partial charge in [0.2, 0.25) is 0 Å². The molecule has 1 aromatic carbocycles. The summed E-state index contributed by atoms with van der Waals surface area (Å²) in [6, 6.07) is 5.71. The van der Waals surface area contributed by atoms with Gasteiger partial charge >= 0.3 is 0 Å². The van der Waals surface area contributed by atoms with Crippen LogP contribution in [0.25, 0.3) is 0 Å². The molecule has 0 fully saturated rings. The smallest absolute Gasteiger partial charge is 0.168 e. The molecule has 0 aromatic heterocycles. The monoisotopic (exact) mass is 205 g/mol. The fourth-order valence-electron chi connectivity index (χ4n) is 1.66. The maximum absolute atomic E-state index is 12.7. The molecule has 15 heavy (non-hydrogen) atoms. The molecule has 1 aliphatic heterocycles. The van der Waals surface area contributed by atoms with Gasteiger partial charge in [-0.05, 0) is 36.9 Å². The average molecular weight is 205 g/mol. The highest BCUT2D eigenvalue weighted by molar-refractivity contribution is 5.98. The van der Waals surface area contributed by atoms with Gasteiger partial charge in [-0.25, -0.2) is 4.39 Å². The lowest BCUT2D eigenvalue weighted by Crippen LogP contribution is -2.28. The number of benzene rings is 1. The highest BCUT2D eigenvalue weighted by atomic mass is 19.1. The molecular weight excluding hydrogens is 193 g/mol. The van der Waals surface area contributed by atoms with Gasteiger partial charge in [-0.1, -0.05) is 6.08 Å². The Morgan fingerprint density at radius 3 is 2.67 bits per heavy atom. The van der Waals surface area contributed by atoms with Crippen molar-refractivity contribution >= 4 is 5.78 Å². The zero-order valence-corrected chi connectivity index (χ0v) is 8.24. The highest BCUT2D eigenvalue weighted by Gasteiger charge is 2.19. The second kappa shape index (κ2) is 4.26. The van der Waals surface area contributed by atoms with Crippen molar-refractivity contribution in [3.63, 3.8) is 0 Å². The fourth-order valence-corrected chi connectivity index (χ4v) is 1.66. The SMILES string of the molecule is O=C(c1ccc(F)cc1)C1CC=CNC1. The van der Waals surface area contributed by atoms with Crippen molar-refractivity contribution in [1.82, 2.24) is 5.32 Å². The average Bonchev–Trinajstić information content (AvgIpc) is 2.30. The van der Waals surface area contributed by atoms with Crippen LogP contribution in [0.4, 0.5) is 4.39 Å². The number of carbonyl (C=O) groups is 1. The van der Waals surface area contributed by atoms with E-state index in [4.69, 9.17) is 0 Å². The third-order valence-electron chi connectivity index (χ3n) is 2.52. The molecule has 3 heteroatoms. The Kier molecular flexibility index (Phi) is 2.81. The molecule has 1 aliphatic rings. The molecule has 0 bridgehead atoms. The minimum absolute atomic E-state index is 0.0274. The van der Waals surface area contributed by atoms with Crippen molar-refractivity contribution in [2.45, 2.75) is 6.42 Å². The summed E-state index contributed by atoms with van der Waals surface area (Å²) in [5, 5.41) is 3.02. The number of Topliss-reactive ketones (excluding diaryl/α,β-unsaturated/α-hetero) is 1. The van der Waals surface area contributed by atoms with E-state index in [1.807, 2.05) is 12.3 Å². The van der Waals surface area contributed by atoms with Gasteiger partial charge in [-0.15, -0.1) is 0 Å². The van der Waals surface area contributed by atoms with E-state index in [2.05, 4.69) is 5.32 Å². The Balaban J connectivity index is 2.13. The van der Waals surface area contributed by atoms with Crippen LogP contribution in [-0.2, 0) is 0 Å². The zero-order chi connectivity index (χ0) is 10.7. The first kappa shape index (κ1) is 9.90. The first-order chi connectivity index (χ1) is 7.27. The van der Waals surface area contributed by atoms with Crippen LogP contribution in [-0.4, -0.2) is 12.3 Å². The molecule has 1 aromatic rings. The maximum atomic E-state index is 12.7. The molecule has 78 valence electrons. The molecule has 1 atom stereocenters. The van der Waals surface area contributed by atoms with Gasteiger partial charge in [0.05, 0.1) is 0 Å². The predicted molar refractivity (Wildman–Crippen MR) is 56.0 cm³/mol. The molecule has 2 nitrogen and oxygen atoms in total. The van der Waals surface area contributed by atoms with Crippen LogP contribution in [0.3, 0.4) is 0 Å². The number of halogens is 1. The zero-order valence-electron chi connectivity index (χ0n) is 8.24. The second-order valence-corrected chi connectivity index (χ2v) is 3.61. The Hall–Kier alpha value is -1.64. The van der Waals surface area contributed by atoms with Crippen molar-refractivity contribution in [3.05, 3.63) is 47.9 Å². The van der Waals surface area contributed by atoms with E-state index in [1.165, 1.54) is 24.3 Å². The van der Waals surface area contributed by atoms with Gasteiger partial charge in [-0.2, -0.15) is 0 Å². The number of rotatable bonds is 2. The molecule has 0 saturated carbocycles. The third kappa shape index (κ3) is 2.24. The molecule has 1 unspecified atom stereocenters. The summed E-state index contributed by atoms with van der Waals surface area (Å²) < 4.78 is 12.7. The van der Waals surface area contributed by atoms with Crippen molar-refractivity contribution in [2.75, 3.05) is 6.54 Å². The van der Waals surface area contributed by atoms with Gasteiger partial charge in [-0.3, -0.25) is 4.79 Å². The molecule has 0 saturated heterocycles. The number of allylic oxidation sites excluding steroid dienone is 1. The standard InChI is InChI=1S/C12H12FNO/c13-11-5-3-9(4-6-11)12(15)10-2-1-7-14-8-10/h1,3-7,10,14H,2,8H2. The first-order valence-corrected chi connectivity index (χ1v) is 4.95. The predicted octanol–water partition coefficient (Wildman–Crippen LogP) is 2.13. The van der Waals surface area contributed by atoms with Crippen LogP contribution in [0.5, 0.6) is 0 Å². The van der Waals surface area contributed by atoms with Crippen LogP contribution in [0.15, 0.2) is 36.5 Å². The van der Waals surface area contributed by atoms with Gasteiger partial charge in [0.1, 0.15) is 5.82 Å². The van der Waals surface area contributed by atoms with Gasteiger partial charge < -0.3 is 5.32 Å². The van der Waals surface area contributed by atoms with E-state index in [0.29, 0.717) is 12.1 Å². The number of hydrogen-bond donors (Lipinski definition) is 1. The van der Waals surface area contributed by atoms with Crippen molar-refractivity contribution < 1.29 is 9.18 Å². The number of ketones is 1. The summed E-state index contributed by atoms with van der Waals surface area (Å²) in [6.07, 6.45) is 4.55. The number of carbonyl (C=O) groups excluding carboxylic acids is 1. The van der Waals surface area contributed by atoms with Crippen molar-refractivity contribution in [1.29, 1.82) is 0 Å². The molecule has 1 N–H and O–H groups in total. The summed E-state index contributed by atoms with van der Waals surface area (Å²) >= 11 is 0. The summed E-state index contributed by atoms with van der Waals surface area (Å²) in [4.78, 5) is 11.9.